The van der Waals surface area contributed by atoms with Gasteiger partial charge in [-0.05, 0) is 32.5 Å². The van der Waals surface area contributed by atoms with E-state index in [4.69, 9.17) is 0 Å². The second kappa shape index (κ2) is 8.95. The molecule has 1 unspecified atom stereocenters. The molecule has 28 heavy (non-hydrogen) atoms. The molecule has 4 aromatic carbocycles. The van der Waals surface area contributed by atoms with Crippen LogP contribution in [0.5, 0.6) is 0 Å². The van der Waals surface area contributed by atoms with Gasteiger partial charge in [0.25, 0.3) is 0 Å². The van der Waals surface area contributed by atoms with Crippen LogP contribution in [0.25, 0.3) is 33.7 Å². The summed E-state index contributed by atoms with van der Waals surface area (Å²) < 4.78 is 0. The van der Waals surface area contributed by atoms with E-state index >= 15 is 0 Å². The molecular formula is C25H21Cl2Zr-. The third-order valence-electron chi connectivity index (χ3n) is 5.53. The molecule has 0 saturated heterocycles. The first kappa shape index (κ1) is 22.9. The van der Waals surface area contributed by atoms with E-state index in [0.29, 0.717) is 0 Å². The fourth-order valence-corrected chi connectivity index (χ4v) is 4.24. The molecule has 0 N–H and O–H groups in total. The fourth-order valence-electron chi connectivity index (χ4n) is 4.24. The van der Waals surface area contributed by atoms with Crippen LogP contribution < -0.4 is 10.4 Å². The van der Waals surface area contributed by atoms with E-state index in [-0.39, 0.29) is 56.4 Å². The smallest absolute Gasteiger partial charge is 0 e. The van der Waals surface area contributed by atoms with Crippen molar-refractivity contribution in [2.75, 3.05) is 0 Å². The van der Waals surface area contributed by atoms with Crippen molar-refractivity contribution < 1.29 is 26.2 Å². The first-order chi connectivity index (χ1) is 12.3. The molecule has 140 valence electrons. The number of rotatable bonds is 2. The number of hydrogen-bond acceptors (Lipinski definition) is 0. The van der Waals surface area contributed by atoms with Crippen LogP contribution in [-0.4, -0.2) is 0 Å². The molecule has 0 nitrogen and oxygen atoms in total. The summed E-state index contributed by atoms with van der Waals surface area (Å²) in [7, 11) is 0. The molecular weight excluding hydrogens is 462 g/mol. The summed E-state index contributed by atoms with van der Waals surface area (Å²) in [5.41, 5.74) is 1.20. The summed E-state index contributed by atoms with van der Waals surface area (Å²) >= 11 is 0. The summed E-state index contributed by atoms with van der Waals surface area (Å²) in [6.07, 6.45) is 7.22. The Balaban J connectivity index is 0.000000934. The average Bonchev–Trinajstić information content (AvgIpc) is 3.07. The first-order valence-electron chi connectivity index (χ1n) is 8.95. The zero-order valence-electron chi connectivity index (χ0n) is 15.6. The minimum atomic E-state index is -0.159. The van der Waals surface area contributed by atoms with Crippen LogP contribution in [0.4, 0.5) is 0 Å². The topological polar surface area (TPSA) is 0 Å². The van der Waals surface area contributed by atoms with Crippen molar-refractivity contribution in [2.24, 2.45) is 0 Å². The molecule has 0 heterocycles. The number of fused-ring (bicyclic) bond motifs is 4. The zero-order chi connectivity index (χ0) is 16.9. The van der Waals surface area contributed by atoms with Crippen molar-refractivity contribution >= 4 is 58.5 Å². The minimum Gasteiger partial charge on any atom is -0.189 e. The van der Waals surface area contributed by atoms with Crippen molar-refractivity contribution in [3.05, 3.63) is 94.9 Å². The Labute approximate surface area is 197 Å². The molecule has 0 saturated carbocycles. The van der Waals surface area contributed by atoms with E-state index in [1.54, 1.807) is 0 Å². The largest absolute Gasteiger partial charge is 0.189 e. The van der Waals surface area contributed by atoms with Crippen LogP contribution in [0.15, 0.2) is 78.9 Å². The summed E-state index contributed by atoms with van der Waals surface area (Å²) in [4.78, 5) is 0. The fraction of sp³-hybridized carbons (Fsp3) is 0.120. The Morgan fingerprint density at radius 3 is 2.21 bits per heavy atom. The van der Waals surface area contributed by atoms with E-state index in [1.807, 2.05) is 0 Å². The third kappa shape index (κ3) is 3.50. The molecule has 0 fully saturated rings. The first-order valence-corrected chi connectivity index (χ1v) is 8.95. The summed E-state index contributed by atoms with van der Waals surface area (Å²) in [5.74, 6) is 0. The van der Waals surface area contributed by atoms with Crippen molar-refractivity contribution in [2.45, 2.75) is 18.8 Å². The Hall–Kier alpha value is -1.40. The van der Waals surface area contributed by atoms with Gasteiger partial charge in [0.05, 0.1) is 0 Å². The van der Waals surface area contributed by atoms with Gasteiger partial charge in [-0.1, -0.05) is 74.0 Å². The number of halogens is 2. The average molecular weight is 484 g/mol. The Morgan fingerprint density at radius 2 is 1.43 bits per heavy atom. The molecule has 0 bridgehead atoms. The molecule has 4 aromatic rings. The van der Waals surface area contributed by atoms with Crippen LogP contribution in [0.2, 0.25) is 0 Å². The van der Waals surface area contributed by atoms with Crippen molar-refractivity contribution in [3.63, 3.8) is 0 Å². The van der Waals surface area contributed by atoms with E-state index in [2.05, 4.69) is 97.9 Å². The summed E-state index contributed by atoms with van der Waals surface area (Å²) in [6.45, 7) is 2.26. The molecule has 0 radical (unpaired) electrons. The molecule has 3 heteroatoms. The van der Waals surface area contributed by atoms with Crippen molar-refractivity contribution in [1.82, 2.24) is 0 Å². The van der Waals surface area contributed by atoms with Crippen LogP contribution in [0, 0.1) is 0 Å². The van der Waals surface area contributed by atoms with Gasteiger partial charge in [0, 0.05) is 26.2 Å². The predicted molar refractivity (Wildman–Crippen MR) is 121 cm³/mol. The maximum atomic E-state index is 3.82. The molecule has 0 amide bonds. The van der Waals surface area contributed by atoms with Gasteiger partial charge < -0.3 is 0 Å². The van der Waals surface area contributed by atoms with Gasteiger partial charge in [-0.15, -0.1) is 48.2 Å². The molecule has 0 aliphatic heterocycles. The van der Waals surface area contributed by atoms with Gasteiger partial charge in [0.15, 0.2) is 0 Å². The third-order valence-corrected chi connectivity index (χ3v) is 5.53. The van der Waals surface area contributed by atoms with Crippen molar-refractivity contribution in [1.29, 1.82) is 0 Å². The molecule has 1 aliphatic carbocycles. The van der Waals surface area contributed by atoms with Gasteiger partial charge in [-0.25, -0.2) is 0 Å². The van der Waals surface area contributed by atoms with Gasteiger partial charge in [-0.2, -0.15) is 17.4 Å². The normalized spacial score (nSPS) is 16.8. The van der Waals surface area contributed by atoms with Crippen LogP contribution in [0.3, 0.4) is 0 Å². The maximum absolute atomic E-state index is 3.82. The quantitative estimate of drug-likeness (QED) is 0.256. The monoisotopic (exact) mass is 481 g/mol. The molecule has 0 spiro atoms. The second-order valence-corrected chi connectivity index (χ2v) is 6.87. The van der Waals surface area contributed by atoms with Gasteiger partial charge in [0.2, 0.25) is 0 Å². The maximum Gasteiger partial charge on any atom is 0 e. The summed E-state index contributed by atoms with van der Waals surface area (Å²) in [5, 5.41) is 7.80. The zero-order valence-corrected chi connectivity index (χ0v) is 19.7. The standard InChI is InChI=1S/C25H19.2ClH.Zr/c1-2-25(16-20-9-3-4-10-21(20)17-25)23-13-7-11-19-15-14-18-8-5-6-12-22(18)24(19)23;;;/h3-16H,2H2,1H3;2*1H;/q-1;;;. The van der Waals surface area contributed by atoms with E-state index < -0.39 is 0 Å². The van der Waals surface area contributed by atoms with Crippen LogP contribution >= 0.6 is 24.8 Å². The van der Waals surface area contributed by atoms with Gasteiger partial charge >= 0.3 is 0 Å². The van der Waals surface area contributed by atoms with Crippen LogP contribution in [0.1, 0.15) is 18.9 Å². The Bertz CT molecular complexity index is 1210. The summed E-state index contributed by atoms with van der Waals surface area (Å²) in [6, 6.07) is 28.4. The van der Waals surface area contributed by atoms with E-state index in [9.17, 15) is 0 Å². The van der Waals surface area contributed by atoms with E-state index in [0.717, 1.165) is 6.42 Å². The molecule has 5 rings (SSSR count). The number of benzene rings is 4. The van der Waals surface area contributed by atoms with E-state index in [1.165, 1.54) is 37.5 Å². The predicted octanol–water partition coefficient (Wildman–Crippen LogP) is 5.63. The Kier molecular flexibility index (Phi) is 7.32. The van der Waals surface area contributed by atoms with Crippen LogP contribution in [-0.2, 0) is 31.6 Å². The molecule has 1 atom stereocenters. The SMILES string of the molecule is CCC1(c2cccc3ccc4ccccc4c23)[C-]=c2ccccc2=C1.Cl.Cl.[Zr]. The molecule has 0 aromatic heterocycles. The Morgan fingerprint density at radius 1 is 0.750 bits per heavy atom. The van der Waals surface area contributed by atoms with Gasteiger partial charge in [-0.3, -0.25) is 0 Å². The molecule has 1 aliphatic rings. The second-order valence-electron chi connectivity index (χ2n) is 6.87. The number of hydrogen-bond donors (Lipinski definition) is 0. The minimum absolute atomic E-state index is 0. The van der Waals surface area contributed by atoms with Gasteiger partial charge in [0.1, 0.15) is 0 Å². The van der Waals surface area contributed by atoms with Crippen molar-refractivity contribution in [3.8, 4) is 0 Å².